The quantitative estimate of drug-likeness (QED) is 0.666. The van der Waals surface area contributed by atoms with Gasteiger partial charge < -0.3 is 10.6 Å². The van der Waals surface area contributed by atoms with Crippen LogP contribution in [0.1, 0.15) is 12.5 Å². The van der Waals surface area contributed by atoms with Crippen molar-refractivity contribution in [3.8, 4) is 0 Å². The van der Waals surface area contributed by atoms with Crippen molar-refractivity contribution < 1.29 is 31.1 Å². The molecule has 0 aliphatic heterocycles. The molecule has 21 heavy (non-hydrogen) atoms. The zero-order valence-corrected chi connectivity index (χ0v) is 10.9. The third-order valence-electron chi connectivity index (χ3n) is 2.53. The summed E-state index contributed by atoms with van der Waals surface area (Å²) in [6.45, 7) is 1.83. The van der Waals surface area contributed by atoms with Crippen LogP contribution in [0.15, 0.2) is 18.3 Å². The van der Waals surface area contributed by atoms with Crippen LogP contribution in [-0.4, -0.2) is 28.9 Å². The molecule has 0 aromatic carbocycles. The number of nitrogens with zero attached hydrogens (tertiary/aromatic N) is 1. The topological polar surface area (TPSA) is 54.0 Å². The first-order valence-corrected chi connectivity index (χ1v) is 5.53. The molecule has 10 heteroatoms. The molecule has 0 aliphatic rings. The summed E-state index contributed by atoms with van der Waals surface area (Å²) >= 11 is 0. The Bertz CT molecular complexity index is 511. The van der Waals surface area contributed by atoms with E-state index in [4.69, 9.17) is 0 Å². The van der Waals surface area contributed by atoms with E-state index in [2.05, 4.69) is 4.98 Å². The summed E-state index contributed by atoms with van der Waals surface area (Å²) in [5, 5.41) is 2.19. The van der Waals surface area contributed by atoms with Crippen LogP contribution in [0.4, 0.5) is 32.2 Å². The summed E-state index contributed by atoms with van der Waals surface area (Å²) in [6.07, 6.45) is -10.6. The predicted octanol–water partition coefficient (Wildman–Crippen LogP) is 2.76. The number of amides is 1. The van der Waals surface area contributed by atoms with Gasteiger partial charge in [0.25, 0.3) is 0 Å². The molecule has 1 aromatic rings. The van der Waals surface area contributed by atoms with Crippen LogP contribution in [-0.2, 0) is 4.79 Å². The minimum absolute atomic E-state index is 0.0562. The number of hydrogen-bond acceptors (Lipinski definition) is 3. The van der Waals surface area contributed by atoms with Crippen molar-refractivity contribution in [2.75, 3.05) is 5.32 Å². The molecule has 0 aliphatic carbocycles. The molecule has 2 N–H and O–H groups in total. The first-order valence-electron chi connectivity index (χ1n) is 5.53. The molecule has 118 valence electrons. The highest BCUT2D eigenvalue weighted by Crippen LogP contribution is 2.43. The minimum Gasteiger partial charge on any atom is -0.332 e. The number of rotatable bonds is 3. The van der Waals surface area contributed by atoms with E-state index < -0.39 is 29.7 Å². The lowest BCUT2D eigenvalue weighted by Crippen LogP contribution is -2.72. The van der Waals surface area contributed by atoms with E-state index in [9.17, 15) is 31.1 Å². The minimum atomic E-state index is -5.83. The monoisotopic (exact) mass is 315 g/mol. The van der Waals surface area contributed by atoms with Gasteiger partial charge in [0.2, 0.25) is 5.91 Å². The van der Waals surface area contributed by atoms with E-state index in [1.807, 2.05) is 0 Å². The lowest BCUT2D eigenvalue weighted by Gasteiger charge is -2.38. The van der Waals surface area contributed by atoms with E-state index >= 15 is 0 Å². The molecule has 1 amide bonds. The summed E-state index contributed by atoms with van der Waals surface area (Å²) in [5.41, 5.74) is -4.56. The Balaban J connectivity index is 3.43. The highest BCUT2D eigenvalue weighted by atomic mass is 19.4. The fourth-order valence-corrected chi connectivity index (χ4v) is 1.53. The first kappa shape index (κ1) is 17.1. The number of hydrogen-bond donors (Lipinski definition) is 2. The van der Waals surface area contributed by atoms with Crippen LogP contribution in [0.5, 0.6) is 0 Å². The number of carbonyl (C=O) groups is 1. The van der Waals surface area contributed by atoms with Gasteiger partial charge in [0, 0.05) is 13.1 Å². The number of anilines is 1. The molecule has 0 unspecified atom stereocenters. The summed E-state index contributed by atoms with van der Waals surface area (Å²) in [7, 11) is 0. The van der Waals surface area contributed by atoms with Crippen LogP contribution in [0.25, 0.3) is 0 Å². The van der Waals surface area contributed by atoms with Crippen molar-refractivity contribution in [1.29, 1.82) is 0 Å². The third-order valence-corrected chi connectivity index (χ3v) is 2.53. The molecular weight excluding hydrogens is 304 g/mol. The smallest absolute Gasteiger partial charge is 0.332 e. The van der Waals surface area contributed by atoms with Crippen LogP contribution < -0.4 is 10.6 Å². The largest absolute Gasteiger partial charge is 0.439 e. The van der Waals surface area contributed by atoms with Crippen molar-refractivity contribution in [2.45, 2.75) is 31.9 Å². The number of nitrogens with one attached hydrogen (secondary N) is 2. The second kappa shape index (κ2) is 5.41. The second-order valence-electron chi connectivity index (χ2n) is 4.22. The Kier molecular flexibility index (Phi) is 4.40. The summed E-state index contributed by atoms with van der Waals surface area (Å²) in [6, 6.07) is 2.63. The van der Waals surface area contributed by atoms with Gasteiger partial charge in [0.05, 0.1) is 0 Å². The van der Waals surface area contributed by atoms with Gasteiger partial charge in [-0.3, -0.25) is 4.79 Å². The third kappa shape index (κ3) is 3.37. The molecule has 1 rings (SSSR count). The lowest BCUT2D eigenvalue weighted by molar-refractivity contribution is -0.295. The van der Waals surface area contributed by atoms with Crippen molar-refractivity contribution in [2.24, 2.45) is 0 Å². The van der Waals surface area contributed by atoms with E-state index in [0.717, 1.165) is 11.5 Å². The average Bonchev–Trinajstić information content (AvgIpc) is 2.27. The highest BCUT2D eigenvalue weighted by molar-refractivity contribution is 5.75. The van der Waals surface area contributed by atoms with Gasteiger partial charge in [-0.2, -0.15) is 26.3 Å². The Morgan fingerprint density at radius 2 is 1.67 bits per heavy atom. The molecule has 4 nitrogen and oxygen atoms in total. The fourth-order valence-electron chi connectivity index (χ4n) is 1.53. The van der Waals surface area contributed by atoms with Crippen molar-refractivity contribution >= 4 is 11.7 Å². The Labute approximate surface area is 115 Å². The summed E-state index contributed by atoms with van der Waals surface area (Å²) < 4.78 is 78.1. The van der Waals surface area contributed by atoms with Crippen LogP contribution in [0.3, 0.4) is 0 Å². The maximum Gasteiger partial charge on any atom is 0.439 e. The molecule has 0 saturated carbocycles. The molecule has 1 heterocycles. The standard InChI is InChI=1S/C11H11F6N3O/c1-6-4-3-5-18-8(6)20-9(10(12,13)14,11(15,16)17)19-7(2)21/h3-5H,1-2H3,(H,18,20)(H,19,21). The highest BCUT2D eigenvalue weighted by Gasteiger charge is 2.72. The SMILES string of the molecule is CC(=O)NC(Nc1ncccc1C)(C(F)(F)F)C(F)(F)F. The molecule has 0 bridgehead atoms. The van der Waals surface area contributed by atoms with Gasteiger partial charge in [0.15, 0.2) is 0 Å². The molecule has 1 aromatic heterocycles. The number of aromatic nitrogens is 1. The van der Waals surface area contributed by atoms with E-state index in [-0.39, 0.29) is 5.56 Å². The normalized spacial score (nSPS) is 13.0. The lowest BCUT2D eigenvalue weighted by atomic mass is 10.1. The van der Waals surface area contributed by atoms with Gasteiger partial charge in [-0.25, -0.2) is 4.98 Å². The van der Waals surface area contributed by atoms with Crippen molar-refractivity contribution in [1.82, 2.24) is 10.3 Å². The maximum absolute atomic E-state index is 13.0. The molecule has 0 saturated heterocycles. The van der Waals surface area contributed by atoms with E-state index in [1.54, 1.807) is 0 Å². The predicted molar refractivity (Wildman–Crippen MR) is 61.3 cm³/mol. The van der Waals surface area contributed by atoms with Crippen LogP contribution >= 0.6 is 0 Å². The molecule has 0 radical (unpaired) electrons. The Morgan fingerprint density at radius 1 is 1.14 bits per heavy atom. The maximum atomic E-state index is 13.0. The molecule has 0 fully saturated rings. The fraction of sp³-hybridized carbons (Fsp3) is 0.455. The van der Waals surface area contributed by atoms with Gasteiger partial charge >= 0.3 is 18.0 Å². The van der Waals surface area contributed by atoms with Crippen LogP contribution in [0.2, 0.25) is 0 Å². The zero-order chi connectivity index (χ0) is 16.5. The molecule has 0 spiro atoms. The second-order valence-corrected chi connectivity index (χ2v) is 4.22. The van der Waals surface area contributed by atoms with E-state index in [0.29, 0.717) is 6.92 Å². The molecular formula is C11H11F6N3O. The summed E-state index contributed by atoms with van der Waals surface area (Å²) in [5.74, 6) is -2.13. The number of aryl methyl sites for hydroxylation is 1. The van der Waals surface area contributed by atoms with Crippen LogP contribution in [0, 0.1) is 6.92 Å². The number of alkyl halides is 6. The zero-order valence-electron chi connectivity index (χ0n) is 10.9. The molecule has 0 atom stereocenters. The number of pyridine rings is 1. The summed E-state index contributed by atoms with van der Waals surface area (Å²) in [4.78, 5) is 14.3. The van der Waals surface area contributed by atoms with Crippen molar-refractivity contribution in [3.05, 3.63) is 23.9 Å². The van der Waals surface area contributed by atoms with Gasteiger partial charge in [0.1, 0.15) is 5.82 Å². The average molecular weight is 315 g/mol. The van der Waals surface area contributed by atoms with Gasteiger partial charge in [-0.1, -0.05) is 6.07 Å². The van der Waals surface area contributed by atoms with E-state index in [1.165, 1.54) is 24.4 Å². The Morgan fingerprint density at radius 3 is 2.05 bits per heavy atom. The van der Waals surface area contributed by atoms with Crippen molar-refractivity contribution in [3.63, 3.8) is 0 Å². The number of carbonyl (C=O) groups excluding carboxylic acids is 1. The first-order chi connectivity index (χ1) is 9.41. The van der Waals surface area contributed by atoms with Gasteiger partial charge in [-0.15, -0.1) is 0 Å². The Hall–Kier alpha value is -2.00. The number of halogens is 6. The van der Waals surface area contributed by atoms with Gasteiger partial charge in [-0.05, 0) is 18.6 Å².